The van der Waals surface area contributed by atoms with Crippen molar-refractivity contribution in [2.75, 3.05) is 52.0 Å². The van der Waals surface area contributed by atoms with Crippen LogP contribution in [0.3, 0.4) is 0 Å². The predicted octanol–water partition coefficient (Wildman–Crippen LogP) is 15.0. The van der Waals surface area contributed by atoms with E-state index in [1.165, 1.54) is 0 Å². The topological polar surface area (TPSA) is 117 Å². The zero-order valence-electron chi connectivity index (χ0n) is 90.9. The fraction of sp³-hybridized carbons (Fsp3) is 0.378. The molecule has 96 heavy (non-hydrogen) atoms. The van der Waals surface area contributed by atoms with Crippen LogP contribution in [0.5, 0.6) is 0 Å². The predicted molar refractivity (Wildman–Crippen MR) is 362 cm³/mol. The number of likely N-dealkylation sites (N-methyl/N-ethyl adjacent to an activating group) is 2. The molecule has 0 fully saturated rings. The minimum Gasteiger partial charge on any atom is -0.336 e. The minimum absolute atomic E-state index is 0.0221. The second-order valence-electron chi connectivity index (χ2n) is 19.8. The molecule has 22 heteroatoms. The van der Waals surface area contributed by atoms with E-state index in [0.29, 0.717) is 39.2 Å². The van der Waals surface area contributed by atoms with Gasteiger partial charge in [0.1, 0.15) is 24.6 Å². The number of hydrogen-bond acceptors (Lipinski definition) is 10. The van der Waals surface area contributed by atoms with E-state index in [0.717, 1.165) is 104 Å². The number of hydrogen-bond donors (Lipinski definition) is 0. The number of carbonyl (C=O) groups excluding carboxylic acids is 2. The monoisotopic (exact) mass is 1400 g/mol. The fourth-order valence-corrected chi connectivity index (χ4v) is 10.1. The third-order valence-corrected chi connectivity index (χ3v) is 14.9. The van der Waals surface area contributed by atoms with Gasteiger partial charge in [-0.25, -0.2) is 8.78 Å². The van der Waals surface area contributed by atoms with Gasteiger partial charge in [-0.1, -0.05) is 155 Å². The lowest BCUT2D eigenvalue weighted by Crippen LogP contribution is -2.40. The van der Waals surface area contributed by atoms with Crippen molar-refractivity contribution in [2.45, 2.75) is 134 Å². The first-order valence-corrected chi connectivity index (χ1v) is 29.7. The summed E-state index contributed by atoms with van der Waals surface area (Å²) in [5.74, 6) is -9.86. The van der Waals surface area contributed by atoms with Gasteiger partial charge < -0.3 is 28.7 Å². The number of aromatic nitrogens is 4. The number of thioether (sulfide) groups is 2. The number of alkyl halides is 6. The number of rotatable bonds is 26. The van der Waals surface area contributed by atoms with Gasteiger partial charge in [0.05, 0.1) is 37.2 Å². The third-order valence-electron chi connectivity index (χ3n) is 13.3. The summed E-state index contributed by atoms with van der Waals surface area (Å²) in [4.78, 5) is 62.7. The van der Waals surface area contributed by atoms with Crippen molar-refractivity contribution in [1.82, 2.24) is 38.7 Å². The van der Waals surface area contributed by atoms with Gasteiger partial charge in [-0.05, 0) is 163 Å². The molecule has 10 rings (SSSR count). The number of amides is 2. The van der Waals surface area contributed by atoms with Crippen LogP contribution in [0.4, 0.5) is 35.1 Å². The summed E-state index contributed by atoms with van der Waals surface area (Å²) in [6.45, 7) is -43.9. The molecule has 0 saturated carbocycles. The molecular formula is C74H80F8N8O4S2. The summed E-state index contributed by atoms with van der Waals surface area (Å²) >= 11 is -0.253. The van der Waals surface area contributed by atoms with E-state index in [-0.39, 0.29) is 80.2 Å². The summed E-state index contributed by atoms with van der Waals surface area (Å²) in [7, 11) is 0. The number of benzene rings is 6. The minimum atomic E-state index is -5.30. The van der Waals surface area contributed by atoms with E-state index in [9.17, 15) is 61.2 Å². The Morgan fingerprint density at radius 1 is 0.573 bits per heavy atom. The lowest BCUT2D eigenvalue weighted by atomic mass is 9.98. The molecule has 8 aromatic rings. The first-order chi connectivity index (χ1) is 60.9. The maximum absolute atomic E-state index is 15.3. The van der Waals surface area contributed by atoms with Gasteiger partial charge >= 0.3 is 12.4 Å². The van der Waals surface area contributed by atoms with Gasteiger partial charge in [0, 0.05) is 102 Å². The van der Waals surface area contributed by atoms with E-state index in [2.05, 4.69) is 9.97 Å². The Morgan fingerprint density at radius 3 is 1.52 bits per heavy atom. The number of halogens is 8. The van der Waals surface area contributed by atoms with Crippen molar-refractivity contribution >= 4 is 35.3 Å². The SMILES string of the molecule is [2H]C([2H])(Sc1nc(=O)c2c(n1C([2H])([2H])C(=O)N(C([2H])([2H])c1ccc(-c3ccc(C(F)(F)F)cc3)cc1)C([2H])([2H])C([2H])([2H])N(C([2H])([2H])C)C([2H])([2H])C)C([2H])([2H])C([2H])(C)C2([2H])[2H])c1ccc(F)cc1.[2H]c1c([2H])c(C([2H])([2H])N(C(=O)C([2H])([2H])n2c(SC([2H])([2H])c3ccc(F)cc3)nc(=O)c3c2CCC3)C([2H])([2H])C([2H])([2H])N(C([2H])([2H])C)C([2H])([2H])C)c([2H])c([2H])c1-c1c([2H])c([2H])c(C(F)(F)F)c(C)c1[2H]. The van der Waals surface area contributed by atoms with Crippen LogP contribution < -0.4 is 11.1 Å². The lowest BCUT2D eigenvalue weighted by Gasteiger charge is -2.28. The molecular weight excluding hydrogens is 1280 g/mol. The molecule has 508 valence electrons. The molecule has 6 aromatic carbocycles. The van der Waals surface area contributed by atoms with E-state index >= 15 is 9.59 Å². The van der Waals surface area contributed by atoms with E-state index in [1.807, 2.05) is 0 Å². The third kappa shape index (κ3) is 19.0. The van der Waals surface area contributed by atoms with E-state index in [1.54, 1.807) is 0 Å². The van der Waals surface area contributed by atoms with E-state index in [4.69, 9.17) is 38.4 Å². The second-order valence-corrected chi connectivity index (χ2v) is 21.3. The highest BCUT2D eigenvalue weighted by Crippen LogP contribution is 2.36. The molecule has 0 spiro atoms. The summed E-state index contributed by atoms with van der Waals surface area (Å²) in [5.41, 5.74) is -20.9. The molecule has 2 aromatic heterocycles. The normalized spacial score (nSPS) is 23.6. The average molecular weight is 1400 g/mol. The highest BCUT2D eigenvalue weighted by Gasteiger charge is 2.34. The maximum atomic E-state index is 15.3. The van der Waals surface area contributed by atoms with Gasteiger partial charge in [0.25, 0.3) is 11.1 Å². The Kier molecular flexibility index (Phi) is 12.4. The molecule has 0 saturated heterocycles. The van der Waals surface area contributed by atoms with Crippen LogP contribution in [0, 0.1) is 24.5 Å². The van der Waals surface area contributed by atoms with Crippen LogP contribution in [-0.2, 0) is 84.9 Å². The smallest absolute Gasteiger partial charge is 0.336 e. The standard InChI is InChI=1S/2C37H40F4N4O2S/c1-4-43(5-2)18-19-44(22-26-6-10-28(11-7-26)29-12-14-30(15-13-29)37(39,40)41)34(46)23-45-33-21-25(3)20-32(33)35(47)42-36(45)48-24-27-8-16-31(38)17-9-27;1-4-43(5-2)19-20-44(22-26-9-13-28(14-10-26)29-15-18-32(25(3)21-29)37(39,40)41)34(46)23-45-33-8-6-7-31(33)35(47)42-36(45)48-24-27-11-16-30(38)17-12-27/h6-17,25H,4-5,18-24H2,1-3H3;9-18,21H,4-8,19-20,22-24H2,1-3H3/i4D2,5D2,18D2,19D2,20D2,21D2,22D2,23D2,24D2,25D;4D2,5D2,9D,10D,13D,14D,15D,18D,19D2,20D2,21D,22D2,23D2,24D2. The molecule has 0 aliphatic heterocycles. The molecule has 2 heterocycles. The van der Waals surface area contributed by atoms with Crippen molar-refractivity contribution in [2.24, 2.45) is 5.89 Å². The molecule has 12 nitrogen and oxygen atoms in total. The first kappa shape index (κ1) is 36.1. The number of nitrogens with zero attached hydrogens (tertiary/aromatic N) is 8. The Balaban J connectivity index is 0.000000305. The fourth-order valence-electron chi connectivity index (χ4n) is 8.68. The molecule has 1 atom stereocenters. The quantitative estimate of drug-likeness (QED) is 0.0295. The Hall–Kier alpha value is -7.92. The zero-order valence-corrected chi connectivity index (χ0v) is 52.5. The molecule has 2 aliphatic rings. The second kappa shape index (κ2) is 32.9. The molecule has 0 bridgehead atoms. The first-order valence-electron chi connectivity index (χ1n) is 48.1. The van der Waals surface area contributed by atoms with Crippen LogP contribution in [0.15, 0.2) is 159 Å². The van der Waals surface area contributed by atoms with Crippen LogP contribution in [0.1, 0.15) is 157 Å². The highest BCUT2D eigenvalue weighted by atomic mass is 32.2. The van der Waals surface area contributed by atoms with Gasteiger partial charge in [0.2, 0.25) is 11.8 Å². The summed E-state index contributed by atoms with van der Waals surface area (Å²) in [5, 5.41) is -2.28. The summed E-state index contributed by atoms with van der Waals surface area (Å²) in [6, 6.07) is 4.17. The van der Waals surface area contributed by atoms with Crippen LogP contribution in [0.2, 0.25) is 0 Å². The molecule has 2 amide bonds. The van der Waals surface area contributed by atoms with Crippen molar-refractivity contribution in [3.8, 4) is 22.3 Å². The molecule has 2 aliphatic carbocycles. The van der Waals surface area contributed by atoms with Crippen molar-refractivity contribution in [3.63, 3.8) is 0 Å². The largest absolute Gasteiger partial charge is 0.416 e. The van der Waals surface area contributed by atoms with Crippen molar-refractivity contribution < 1.29 is 99.5 Å². The zero-order chi connectivity index (χ0) is 105. The summed E-state index contributed by atoms with van der Waals surface area (Å²) < 4.78 is 463. The molecule has 0 N–H and O–H groups in total. The van der Waals surface area contributed by atoms with Gasteiger partial charge in [-0.15, -0.1) is 0 Å². The maximum Gasteiger partial charge on any atom is 0.416 e. The Morgan fingerprint density at radius 2 is 1.03 bits per heavy atom. The number of carbonyl (C=O) groups is 2. The Bertz CT molecular complexity index is 6050. The van der Waals surface area contributed by atoms with Crippen LogP contribution in [0.25, 0.3) is 22.3 Å². The summed E-state index contributed by atoms with van der Waals surface area (Å²) in [6.07, 6.45) is -17.3. The van der Waals surface area contributed by atoms with E-state index < -0.39 is 278 Å². The number of fused-ring (bicyclic) bond motifs is 2. The average Bonchev–Trinajstić information content (AvgIpc) is 1.50. The highest BCUT2D eigenvalue weighted by molar-refractivity contribution is 7.98. The Labute approximate surface area is 620 Å². The van der Waals surface area contributed by atoms with Gasteiger partial charge in [-0.3, -0.25) is 19.2 Å². The van der Waals surface area contributed by atoms with Crippen molar-refractivity contribution in [1.29, 1.82) is 0 Å². The van der Waals surface area contributed by atoms with Gasteiger partial charge in [0.15, 0.2) is 10.3 Å². The lowest BCUT2D eigenvalue weighted by molar-refractivity contribution is -0.138. The van der Waals surface area contributed by atoms with Crippen molar-refractivity contribution in [3.05, 3.63) is 233 Å². The van der Waals surface area contributed by atoms with Gasteiger partial charge in [-0.2, -0.15) is 36.3 Å². The van der Waals surface area contributed by atoms with Crippen LogP contribution in [-0.4, -0.2) is 102 Å². The molecule has 0 radical (unpaired) electrons. The van der Waals surface area contributed by atoms with Crippen LogP contribution >= 0.6 is 23.5 Å². The molecule has 1 unspecified atom stereocenters.